The molecule has 1 unspecified atom stereocenters. The Labute approximate surface area is 254 Å². The third-order valence-electron chi connectivity index (χ3n) is 7.99. The summed E-state index contributed by atoms with van der Waals surface area (Å²) in [4.78, 5) is 12.4. The molecule has 16 heteroatoms. The molecule has 4 N–H and O–H groups in total. The number of ether oxygens (including phenoxy) is 3. The maximum absolute atomic E-state index is 16.4. The molecular weight excluding hydrogens is 613 g/mol. The van der Waals surface area contributed by atoms with Gasteiger partial charge in [0.25, 0.3) is 6.43 Å². The van der Waals surface area contributed by atoms with Crippen molar-refractivity contribution in [3.8, 4) is 23.1 Å². The minimum absolute atomic E-state index is 0.0813. The summed E-state index contributed by atoms with van der Waals surface area (Å²) in [6, 6.07) is 0.291. The number of anilines is 2. The molecule has 0 amide bonds. The van der Waals surface area contributed by atoms with Gasteiger partial charge in [-0.2, -0.15) is 23.1 Å². The minimum atomic E-state index is -5.16. The van der Waals surface area contributed by atoms with Gasteiger partial charge in [-0.15, -0.1) is 0 Å². The standard InChI is InChI=1S/C27H27F7N6O3.C2H6/c1-11-17(27(32,33)34)13(6-14(35)18(11)28)20-19(29)21-16-23(40-25(39-21)42-10-26-7-12(8-26)41-9-26)37-5-4-36-3-2-15(22(30)31)43-24(16)38-20;1-2/h6,12,15,22,36H,2-5,7-10,35H2,1H3,(H,37,39,40);1-2H3. The Morgan fingerprint density at radius 3 is 2.47 bits per heavy atom. The van der Waals surface area contributed by atoms with Gasteiger partial charge in [0.15, 0.2) is 11.9 Å². The number of nitrogens with zero attached hydrogens (tertiary/aromatic N) is 3. The Kier molecular flexibility index (Phi) is 9.18. The highest BCUT2D eigenvalue weighted by atomic mass is 19.4. The van der Waals surface area contributed by atoms with Crippen LogP contribution in [0.4, 0.5) is 42.2 Å². The van der Waals surface area contributed by atoms with Crippen molar-refractivity contribution in [1.82, 2.24) is 20.3 Å². The Morgan fingerprint density at radius 1 is 1.09 bits per heavy atom. The van der Waals surface area contributed by atoms with Crippen molar-refractivity contribution in [1.29, 1.82) is 0 Å². The van der Waals surface area contributed by atoms with Crippen molar-refractivity contribution in [2.75, 3.05) is 43.9 Å². The molecule has 0 radical (unpaired) electrons. The summed E-state index contributed by atoms with van der Waals surface area (Å²) in [7, 11) is 0. The first kappa shape index (κ1) is 32.7. The lowest BCUT2D eigenvalue weighted by atomic mass is 9.71. The number of fused-ring (bicyclic) bond motifs is 1. The summed E-state index contributed by atoms with van der Waals surface area (Å²) in [6.07, 6.45) is -8.49. The first-order valence-corrected chi connectivity index (χ1v) is 14.6. The number of pyridine rings is 1. The van der Waals surface area contributed by atoms with Crippen molar-refractivity contribution in [2.24, 2.45) is 5.41 Å². The van der Waals surface area contributed by atoms with Gasteiger partial charge in [0.05, 0.1) is 30.6 Å². The van der Waals surface area contributed by atoms with Gasteiger partial charge in [-0.05, 0) is 37.9 Å². The van der Waals surface area contributed by atoms with Crippen LogP contribution in [0, 0.1) is 24.0 Å². The third kappa shape index (κ3) is 6.26. The number of nitrogen functional groups attached to an aromatic ring is 1. The molecular formula is C29H33F7N6O3. The van der Waals surface area contributed by atoms with Crippen LogP contribution in [0.1, 0.15) is 44.2 Å². The lowest BCUT2D eigenvalue weighted by Gasteiger charge is -2.34. The third-order valence-corrected chi connectivity index (χ3v) is 7.99. The van der Waals surface area contributed by atoms with Gasteiger partial charge in [-0.25, -0.2) is 22.5 Å². The Morgan fingerprint density at radius 2 is 1.82 bits per heavy atom. The van der Waals surface area contributed by atoms with E-state index in [4.69, 9.17) is 19.9 Å². The number of aromatic nitrogens is 3. The number of benzene rings is 1. The molecule has 4 aliphatic rings. The van der Waals surface area contributed by atoms with Gasteiger partial charge in [-0.3, -0.25) is 0 Å². The molecule has 3 aromatic rings. The van der Waals surface area contributed by atoms with E-state index >= 15 is 4.39 Å². The van der Waals surface area contributed by atoms with Crippen molar-refractivity contribution >= 4 is 22.4 Å². The number of halogens is 7. The molecule has 3 fully saturated rings. The molecule has 2 saturated heterocycles. The van der Waals surface area contributed by atoms with E-state index in [2.05, 4.69) is 25.6 Å². The second kappa shape index (κ2) is 12.6. The lowest BCUT2D eigenvalue weighted by Crippen LogP contribution is -2.38. The molecule has 3 aliphatic heterocycles. The van der Waals surface area contributed by atoms with Gasteiger partial charge >= 0.3 is 12.2 Å². The van der Waals surface area contributed by atoms with E-state index in [1.807, 2.05) is 13.8 Å². The van der Waals surface area contributed by atoms with E-state index in [0.717, 1.165) is 19.8 Å². The van der Waals surface area contributed by atoms with Crippen LogP contribution >= 0.6 is 0 Å². The molecule has 2 aromatic heterocycles. The van der Waals surface area contributed by atoms with Crippen LogP contribution in [0.3, 0.4) is 0 Å². The summed E-state index contributed by atoms with van der Waals surface area (Å²) in [5.41, 5.74) is -0.202. The predicted molar refractivity (Wildman–Crippen MR) is 151 cm³/mol. The van der Waals surface area contributed by atoms with E-state index in [1.165, 1.54) is 0 Å². The average molecular weight is 647 g/mol. The van der Waals surface area contributed by atoms with Gasteiger partial charge in [0, 0.05) is 30.5 Å². The normalized spacial score (nSPS) is 22.9. The number of nitrogens with one attached hydrogen (secondary N) is 2. The van der Waals surface area contributed by atoms with Crippen LogP contribution in [0.2, 0.25) is 0 Å². The van der Waals surface area contributed by atoms with E-state index in [1.54, 1.807) is 0 Å². The lowest BCUT2D eigenvalue weighted by molar-refractivity contribution is -0.137. The zero-order valence-corrected chi connectivity index (χ0v) is 24.8. The van der Waals surface area contributed by atoms with E-state index in [0.29, 0.717) is 19.2 Å². The van der Waals surface area contributed by atoms with Crippen LogP contribution in [0.5, 0.6) is 11.9 Å². The van der Waals surface area contributed by atoms with Gasteiger partial charge in [0.2, 0.25) is 5.88 Å². The van der Waals surface area contributed by atoms with Crippen molar-refractivity contribution in [3.63, 3.8) is 0 Å². The Bertz CT molecular complexity index is 1560. The molecule has 5 heterocycles. The highest BCUT2D eigenvalue weighted by Gasteiger charge is 2.52. The molecule has 2 bridgehead atoms. The number of alkyl halides is 5. The fourth-order valence-corrected chi connectivity index (χ4v) is 5.78. The molecule has 1 saturated carbocycles. The smallest absolute Gasteiger partial charge is 0.417 e. The molecule has 1 atom stereocenters. The van der Waals surface area contributed by atoms with Crippen molar-refractivity contribution in [2.45, 2.75) is 64.8 Å². The average Bonchev–Trinajstić information content (AvgIpc) is 3.57. The number of rotatable bonds is 5. The Hall–Kier alpha value is -3.66. The zero-order chi connectivity index (χ0) is 32.7. The monoisotopic (exact) mass is 646 g/mol. The second-order valence-corrected chi connectivity index (χ2v) is 11.1. The van der Waals surface area contributed by atoms with Crippen LogP contribution < -0.4 is 25.8 Å². The highest BCUT2D eigenvalue weighted by molar-refractivity contribution is 5.96. The van der Waals surface area contributed by atoms with E-state index in [9.17, 15) is 26.3 Å². The van der Waals surface area contributed by atoms with Crippen LogP contribution in [0.15, 0.2) is 6.07 Å². The summed E-state index contributed by atoms with van der Waals surface area (Å²) in [5.74, 6) is -3.41. The van der Waals surface area contributed by atoms with Crippen molar-refractivity contribution < 1.29 is 44.9 Å². The molecule has 45 heavy (non-hydrogen) atoms. The van der Waals surface area contributed by atoms with Crippen LogP contribution in [-0.4, -0.2) is 66.4 Å². The van der Waals surface area contributed by atoms with Gasteiger partial charge < -0.3 is 30.6 Å². The first-order chi connectivity index (χ1) is 21.4. The maximum atomic E-state index is 16.4. The molecule has 7 rings (SSSR count). The van der Waals surface area contributed by atoms with E-state index < -0.39 is 69.8 Å². The fraction of sp³-hybridized carbons (Fsp3) is 0.552. The fourth-order valence-electron chi connectivity index (χ4n) is 5.78. The number of hydrogen-bond acceptors (Lipinski definition) is 9. The van der Waals surface area contributed by atoms with E-state index in [-0.39, 0.29) is 54.9 Å². The number of nitrogens with two attached hydrogens (primary N) is 1. The number of hydrogen-bond donors (Lipinski definition) is 3. The first-order valence-electron chi connectivity index (χ1n) is 14.6. The second-order valence-electron chi connectivity index (χ2n) is 11.1. The highest BCUT2D eigenvalue weighted by Crippen LogP contribution is 2.50. The molecule has 1 aliphatic carbocycles. The topological polar surface area (TPSA) is 116 Å². The Balaban J connectivity index is 0.00000196. The van der Waals surface area contributed by atoms with Crippen LogP contribution in [0.25, 0.3) is 22.2 Å². The quantitative estimate of drug-likeness (QED) is 0.231. The summed E-state index contributed by atoms with van der Waals surface area (Å²) in [6.45, 7) is 6.07. The van der Waals surface area contributed by atoms with Gasteiger partial charge in [-0.1, -0.05) is 13.8 Å². The molecule has 9 nitrogen and oxygen atoms in total. The summed E-state index contributed by atoms with van der Waals surface area (Å²) >= 11 is 0. The minimum Gasteiger partial charge on any atom is -0.468 e. The van der Waals surface area contributed by atoms with Gasteiger partial charge in [0.1, 0.15) is 28.2 Å². The SMILES string of the molecule is CC.Cc1c(F)c(N)cc(-c2nc3c4c(nc(OCC56COC(C5)C6)nc4c2F)NCCNCCC(C(F)F)O3)c1C(F)(F)F. The maximum Gasteiger partial charge on any atom is 0.417 e. The largest absolute Gasteiger partial charge is 0.468 e. The zero-order valence-electron chi connectivity index (χ0n) is 24.8. The predicted octanol–water partition coefficient (Wildman–Crippen LogP) is 5.88. The molecule has 0 spiro atoms. The molecule has 1 aromatic carbocycles. The van der Waals surface area contributed by atoms with Crippen molar-refractivity contribution in [3.05, 3.63) is 28.8 Å². The van der Waals surface area contributed by atoms with Crippen LogP contribution in [-0.2, 0) is 10.9 Å². The summed E-state index contributed by atoms with van der Waals surface area (Å²) in [5, 5.41) is 5.66. The molecule has 246 valence electrons. The summed E-state index contributed by atoms with van der Waals surface area (Å²) < 4.78 is 119.